The van der Waals surface area contributed by atoms with Crippen LogP contribution in [0.25, 0.3) is 0 Å². The van der Waals surface area contributed by atoms with E-state index in [9.17, 15) is 0 Å². The van der Waals surface area contributed by atoms with Crippen LogP contribution in [0.3, 0.4) is 0 Å². The third kappa shape index (κ3) is 4.32. The minimum Gasteiger partial charge on any atom is -0.0801 e. The minimum absolute atomic E-state index is 1.02. The Balaban J connectivity index is 2.44. The molecule has 0 aliphatic heterocycles. The summed E-state index contributed by atoms with van der Waals surface area (Å²) in [6.45, 7) is 4.21. The van der Waals surface area contributed by atoms with Crippen molar-refractivity contribution in [1.82, 2.24) is 0 Å². The highest BCUT2D eigenvalue weighted by Crippen LogP contribution is 2.00. The summed E-state index contributed by atoms with van der Waals surface area (Å²) < 4.78 is 0. The first kappa shape index (κ1) is 9.79. The molecule has 1 rings (SSSR count). The van der Waals surface area contributed by atoms with Crippen molar-refractivity contribution in [2.75, 3.05) is 0 Å². The van der Waals surface area contributed by atoms with Gasteiger partial charge in [0.1, 0.15) is 0 Å². The number of hydrogen-bond donors (Lipinski definition) is 0. The van der Waals surface area contributed by atoms with Gasteiger partial charge in [0.05, 0.1) is 0 Å². The normalized spacial score (nSPS) is 10.3. The van der Waals surface area contributed by atoms with Gasteiger partial charge in [-0.15, -0.1) is 0 Å². The summed E-state index contributed by atoms with van der Waals surface area (Å²) in [6, 6.07) is 10.5. The van der Waals surface area contributed by atoms with E-state index in [0.29, 0.717) is 0 Å². The lowest BCUT2D eigenvalue weighted by Gasteiger charge is -1.92. The molecule has 0 radical (unpaired) electrons. The van der Waals surface area contributed by atoms with Crippen LogP contribution in [0, 0.1) is 0 Å². The standard InChI is InChI=1S/C13H16/c1-12(2)8-6-7-11-13-9-4-3-5-10-13/h3-10H,11H2,1-2H3/b7-6-. The van der Waals surface area contributed by atoms with E-state index in [-0.39, 0.29) is 0 Å². The SMILES string of the molecule is CC(C)=C/C=C\Cc1ccccc1. The second-order valence-corrected chi connectivity index (χ2v) is 3.36. The Bertz CT molecular complexity index is 287. The van der Waals surface area contributed by atoms with Crippen molar-refractivity contribution in [3.8, 4) is 0 Å². The zero-order chi connectivity index (χ0) is 9.52. The molecule has 0 bridgehead atoms. The highest BCUT2D eigenvalue weighted by Gasteiger charge is 1.84. The summed E-state index contributed by atoms with van der Waals surface area (Å²) in [5.41, 5.74) is 2.70. The van der Waals surface area contributed by atoms with Crippen LogP contribution >= 0.6 is 0 Å². The predicted molar refractivity (Wildman–Crippen MR) is 58.7 cm³/mol. The molecule has 0 amide bonds. The molecule has 0 nitrogen and oxygen atoms in total. The van der Waals surface area contributed by atoms with Crippen LogP contribution < -0.4 is 0 Å². The van der Waals surface area contributed by atoms with E-state index in [4.69, 9.17) is 0 Å². The number of benzene rings is 1. The van der Waals surface area contributed by atoms with Crippen LogP contribution in [-0.2, 0) is 6.42 Å². The molecule has 0 aromatic heterocycles. The van der Waals surface area contributed by atoms with Crippen molar-refractivity contribution >= 4 is 0 Å². The number of allylic oxidation sites excluding steroid dienone is 4. The van der Waals surface area contributed by atoms with Crippen LogP contribution in [0.5, 0.6) is 0 Å². The Morgan fingerprint density at radius 1 is 1.15 bits per heavy atom. The van der Waals surface area contributed by atoms with E-state index in [1.807, 2.05) is 6.07 Å². The Kier molecular flexibility index (Phi) is 4.04. The molecule has 0 heteroatoms. The van der Waals surface area contributed by atoms with Crippen molar-refractivity contribution in [2.45, 2.75) is 20.3 Å². The van der Waals surface area contributed by atoms with Crippen molar-refractivity contribution < 1.29 is 0 Å². The zero-order valence-corrected chi connectivity index (χ0v) is 8.33. The molecule has 0 heterocycles. The van der Waals surface area contributed by atoms with E-state index >= 15 is 0 Å². The summed E-state index contributed by atoms with van der Waals surface area (Å²) in [7, 11) is 0. The van der Waals surface area contributed by atoms with Crippen molar-refractivity contribution in [3.05, 3.63) is 59.7 Å². The van der Waals surface area contributed by atoms with E-state index < -0.39 is 0 Å². The maximum Gasteiger partial charge on any atom is -0.00943 e. The van der Waals surface area contributed by atoms with E-state index in [1.54, 1.807) is 0 Å². The van der Waals surface area contributed by atoms with Crippen LogP contribution in [0.4, 0.5) is 0 Å². The van der Waals surface area contributed by atoms with Crippen LogP contribution in [0.1, 0.15) is 19.4 Å². The van der Waals surface area contributed by atoms with Gasteiger partial charge >= 0.3 is 0 Å². The van der Waals surface area contributed by atoms with Crippen LogP contribution in [-0.4, -0.2) is 0 Å². The summed E-state index contributed by atoms with van der Waals surface area (Å²) in [5.74, 6) is 0. The molecule has 0 fully saturated rings. The first-order chi connectivity index (χ1) is 6.29. The molecule has 0 aliphatic rings. The average Bonchev–Trinajstić information content (AvgIpc) is 2.14. The van der Waals surface area contributed by atoms with Gasteiger partial charge in [-0.1, -0.05) is 54.1 Å². The molecular formula is C13H16. The van der Waals surface area contributed by atoms with E-state index in [1.165, 1.54) is 11.1 Å². The number of rotatable bonds is 3. The van der Waals surface area contributed by atoms with Crippen LogP contribution in [0.15, 0.2) is 54.1 Å². The van der Waals surface area contributed by atoms with Gasteiger partial charge in [0, 0.05) is 0 Å². The molecule has 0 saturated heterocycles. The molecule has 1 aromatic carbocycles. The highest BCUT2D eigenvalue weighted by molar-refractivity contribution is 5.19. The van der Waals surface area contributed by atoms with Crippen molar-refractivity contribution in [1.29, 1.82) is 0 Å². The monoisotopic (exact) mass is 172 g/mol. The fourth-order valence-corrected chi connectivity index (χ4v) is 1.08. The van der Waals surface area contributed by atoms with Gasteiger partial charge in [-0.05, 0) is 25.8 Å². The Hall–Kier alpha value is -1.30. The first-order valence-electron chi connectivity index (χ1n) is 4.63. The summed E-state index contributed by atoms with van der Waals surface area (Å²) in [4.78, 5) is 0. The van der Waals surface area contributed by atoms with E-state index in [0.717, 1.165) is 6.42 Å². The van der Waals surface area contributed by atoms with Crippen molar-refractivity contribution in [3.63, 3.8) is 0 Å². The number of hydrogen-bond acceptors (Lipinski definition) is 0. The molecular weight excluding hydrogens is 156 g/mol. The molecule has 0 saturated carbocycles. The topological polar surface area (TPSA) is 0 Å². The quantitative estimate of drug-likeness (QED) is 0.609. The smallest absolute Gasteiger partial charge is 0.00943 e. The lowest BCUT2D eigenvalue weighted by Crippen LogP contribution is -1.77. The maximum absolute atomic E-state index is 2.18. The Morgan fingerprint density at radius 3 is 2.46 bits per heavy atom. The molecule has 13 heavy (non-hydrogen) atoms. The maximum atomic E-state index is 2.18. The van der Waals surface area contributed by atoms with Gasteiger partial charge < -0.3 is 0 Å². The molecule has 0 aliphatic carbocycles. The molecule has 0 atom stereocenters. The van der Waals surface area contributed by atoms with Gasteiger partial charge in [0.25, 0.3) is 0 Å². The highest BCUT2D eigenvalue weighted by atomic mass is 13.9. The second-order valence-electron chi connectivity index (χ2n) is 3.36. The molecule has 1 aromatic rings. The van der Waals surface area contributed by atoms with Gasteiger partial charge in [-0.3, -0.25) is 0 Å². The summed E-state index contributed by atoms with van der Waals surface area (Å²) >= 11 is 0. The largest absolute Gasteiger partial charge is 0.0801 e. The second kappa shape index (κ2) is 5.36. The fraction of sp³-hybridized carbons (Fsp3) is 0.231. The zero-order valence-electron chi connectivity index (χ0n) is 8.33. The van der Waals surface area contributed by atoms with Gasteiger partial charge in [0.15, 0.2) is 0 Å². The fourth-order valence-electron chi connectivity index (χ4n) is 1.08. The van der Waals surface area contributed by atoms with Crippen LogP contribution in [0.2, 0.25) is 0 Å². The summed E-state index contributed by atoms with van der Waals surface area (Å²) in [5, 5.41) is 0. The lowest BCUT2D eigenvalue weighted by molar-refractivity contribution is 1.27. The average molecular weight is 172 g/mol. The molecule has 0 N–H and O–H groups in total. The van der Waals surface area contributed by atoms with Gasteiger partial charge in [0.2, 0.25) is 0 Å². The Morgan fingerprint density at radius 2 is 1.85 bits per heavy atom. The molecule has 0 spiro atoms. The third-order valence-corrected chi connectivity index (χ3v) is 1.76. The molecule has 68 valence electrons. The lowest BCUT2D eigenvalue weighted by atomic mass is 10.1. The van der Waals surface area contributed by atoms with Gasteiger partial charge in [-0.25, -0.2) is 0 Å². The van der Waals surface area contributed by atoms with Crippen molar-refractivity contribution in [2.24, 2.45) is 0 Å². The van der Waals surface area contributed by atoms with Gasteiger partial charge in [-0.2, -0.15) is 0 Å². The first-order valence-corrected chi connectivity index (χ1v) is 4.63. The third-order valence-electron chi connectivity index (χ3n) is 1.76. The van der Waals surface area contributed by atoms with E-state index in [2.05, 4.69) is 56.3 Å². The summed E-state index contributed by atoms with van der Waals surface area (Å²) in [6.07, 6.45) is 7.44. The Labute approximate surface area is 80.6 Å². The minimum atomic E-state index is 1.02. The molecule has 0 unspecified atom stereocenters. The predicted octanol–water partition coefficient (Wildman–Crippen LogP) is 3.75.